The summed E-state index contributed by atoms with van der Waals surface area (Å²) >= 11 is 0. The lowest BCUT2D eigenvalue weighted by Crippen LogP contribution is -2.38. The van der Waals surface area contributed by atoms with Crippen molar-refractivity contribution in [2.75, 3.05) is 0 Å². The van der Waals surface area contributed by atoms with Gasteiger partial charge >= 0.3 is 6.18 Å². The maximum Gasteiger partial charge on any atom is 0.408 e. The Kier molecular flexibility index (Phi) is 7.15. The molecule has 9 nitrogen and oxygen atoms in total. The van der Waals surface area contributed by atoms with E-state index in [1.807, 2.05) is 12.2 Å². The molecule has 1 aliphatic carbocycles. The Morgan fingerprint density at radius 2 is 2.00 bits per heavy atom. The summed E-state index contributed by atoms with van der Waals surface area (Å²) in [6.45, 7) is 4.74. The lowest BCUT2D eigenvalue weighted by molar-refractivity contribution is -0.154. The average Bonchev–Trinajstić information content (AvgIpc) is 3.61. The standard InChI is InChI=1S/C26H32F3N7O2/c1-3-35-20(8-9-30-35)25(38)34-23(17-6-4-15(2)5-7-17)19-14-36-22(32-19)11-16(13-31-36)10-18-12-21(26(27,28)29)33-24(18)37/h8-9,11,13-15,17-18,21,23H,3-7,10,12H2,1-2H3,(H,33,37)(H,34,38)/t15-,17-,18?,21-,23-/m0/s1. The Bertz CT molecular complexity index is 1310. The van der Waals surface area contributed by atoms with E-state index in [1.54, 1.807) is 39.9 Å². The Morgan fingerprint density at radius 1 is 1.24 bits per heavy atom. The van der Waals surface area contributed by atoms with Gasteiger partial charge in [0.1, 0.15) is 11.7 Å². The van der Waals surface area contributed by atoms with Crippen LogP contribution in [0.4, 0.5) is 13.2 Å². The molecule has 3 atom stereocenters. The molecule has 12 heteroatoms. The minimum absolute atomic E-state index is 0.145. The van der Waals surface area contributed by atoms with Gasteiger partial charge in [-0.1, -0.05) is 19.8 Å². The van der Waals surface area contributed by atoms with Gasteiger partial charge in [-0.3, -0.25) is 14.3 Å². The first-order chi connectivity index (χ1) is 18.1. The molecule has 38 heavy (non-hydrogen) atoms. The summed E-state index contributed by atoms with van der Waals surface area (Å²) in [4.78, 5) is 30.1. The van der Waals surface area contributed by atoms with Gasteiger partial charge in [-0.2, -0.15) is 23.4 Å². The minimum atomic E-state index is -4.46. The third-order valence-corrected chi connectivity index (χ3v) is 7.87. The van der Waals surface area contributed by atoms with Crippen molar-refractivity contribution in [1.29, 1.82) is 0 Å². The van der Waals surface area contributed by atoms with Crippen molar-refractivity contribution in [2.45, 2.75) is 77.2 Å². The Balaban J connectivity index is 1.38. The highest BCUT2D eigenvalue weighted by Crippen LogP contribution is 2.37. The number of rotatable bonds is 7. The van der Waals surface area contributed by atoms with Gasteiger partial charge in [-0.15, -0.1) is 0 Å². The quantitative estimate of drug-likeness (QED) is 0.482. The second-order valence-electron chi connectivity index (χ2n) is 10.6. The molecule has 2 aliphatic rings. The Labute approximate surface area is 218 Å². The van der Waals surface area contributed by atoms with Crippen LogP contribution < -0.4 is 10.6 Å². The zero-order valence-corrected chi connectivity index (χ0v) is 21.4. The number of hydrogen-bond donors (Lipinski definition) is 2. The van der Waals surface area contributed by atoms with Crippen LogP contribution in [0.2, 0.25) is 0 Å². The molecule has 1 aliphatic heterocycles. The highest BCUT2D eigenvalue weighted by Gasteiger charge is 2.47. The van der Waals surface area contributed by atoms with E-state index in [9.17, 15) is 22.8 Å². The van der Waals surface area contributed by atoms with Crippen molar-refractivity contribution < 1.29 is 22.8 Å². The molecule has 0 bridgehead atoms. The fraction of sp³-hybridized carbons (Fsp3) is 0.577. The first-order valence-corrected chi connectivity index (χ1v) is 13.2. The van der Waals surface area contributed by atoms with E-state index in [2.05, 4.69) is 22.4 Å². The number of hydrogen-bond acceptors (Lipinski definition) is 5. The molecule has 1 unspecified atom stereocenters. The number of aryl methyl sites for hydroxylation is 1. The lowest BCUT2D eigenvalue weighted by atomic mass is 9.78. The van der Waals surface area contributed by atoms with Gasteiger partial charge in [0.05, 0.1) is 24.1 Å². The second kappa shape index (κ2) is 10.4. The summed E-state index contributed by atoms with van der Waals surface area (Å²) in [5, 5.41) is 13.8. The first kappa shape index (κ1) is 26.2. The first-order valence-electron chi connectivity index (χ1n) is 13.2. The van der Waals surface area contributed by atoms with E-state index in [0.29, 0.717) is 35.1 Å². The van der Waals surface area contributed by atoms with Crippen molar-refractivity contribution in [3.8, 4) is 0 Å². The maximum absolute atomic E-state index is 13.2. The van der Waals surface area contributed by atoms with Gasteiger partial charge in [-0.05, 0) is 62.1 Å². The van der Waals surface area contributed by atoms with Gasteiger partial charge in [0.2, 0.25) is 5.91 Å². The average molecular weight is 532 g/mol. The van der Waals surface area contributed by atoms with Crippen molar-refractivity contribution >= 4 is 17.5 Å². The molecule has 0 aromatic carbocycles. The summed E-state index contributed by atoms with van der Waals surface area (Å²) in [5.41, 5.74) is 2.32. The van der Waals surface area contributed by atoms with Crippen LogP contribution in [0.5, 0.6) is 0 Å². The summed E-state index contributed by atoms with van der Waals surface area (Å²) in [6, 6.07) is 1.30. The number of amides is 2. The number of carbonyl (C=O) groups is 2. The highest BCUT2D eigenvalue weighted by molar-refractivity contribution is 5.92. The van der Waals surface area contributed by atoms with E-state index in [1.165, 1.54) is 0 Å². The number of nitrogens with zero attached hydrogens (tertiary/aromatic N) is 5. The van der Waals surface area contributed by atoms with Crippen LogP contribution in [0, 0.1) is 17.8 Å². The number of carbonyl (C=O) groups excluding carboxylic acids is 2. The number of fused-ring (bicyclic) bond motifs is 1. The van der Waals surface area contributed by atoms with Crippen LogP contribution in [0.15, 0.2) is 30.7 Å². The van der Waals surface area contributed by atoms with Crippen LogP contribution in [0.25, 0.3) is 5.65 Å². The number of alkyl halides is 3. The number of nitrogens with one attached hydrogen (secondary N) is 2. The molecule has 4 heterocycles. The van der Waals surface area contributed by atoms with Crippen LogP contribution in [-0.4, -0.2) is 48.4 Å². The van der Waals surface area contributed by atoms with E-state index >= 15 is 0 Å². The van der Waals surface area contributed by atoms with Gasteiger partial charge in [0.15, 0.2) is 5.65 Å². The normalized spacial score (nSPS) is 24.9. The van der Waals surface area contributed by atoms with Gasteiger partial charge in [0.25, 0.3) is 5.91 Å². The monoisotopic (exact) mass is 531 g/mol. The van der Waals surface area contributed by atoms with Crippen LogP contribution in [0.1, 0.15) is 73.7 Å². The van der Waals surface area contributed by atoms with Gasteiger partial charge in [-0.25, -0.2) is 9.50 Å². The second-order valence-corrected chi connectivity index (χ2v) is 10.6. The molecule has 2 N–H and O–H groups in total. The molecule has 0 spiro atoms. The number of imidazole rings is 1. The predicted octanol–water partition coefficient (Wildman–Crippen LogP) is 3.85. The van der Waals surface area contributed by atoms with E-state index in [-0.39, 0.29) is 30.7 Å². The molecule has 5 rings (SSSR count). The highest BCUT2D eigenvalue weighted by atomic mass is 19.4. The molecule has 1 saturated carbocycles. The third-order valence-electron chi connectivity index (χ3n) is 7.87. The summed E-state index contributed by atoms with van der Waals surface area (Å²) in [5.74, 6) is -0.750. The van der Waals surface area contributed by atoms with Crippen LogP contribution in [0.3, 0.4) is 0 Å². The van der Waals surface area contributed by atoms with E-state index in [0.717, 1.165) is 25.7 Å². The van der Waals surface area contributed by atoms with Crippen molar-refractivity contribution in [2.24, 2.45) is 17.8 Å². The van der Waals surface area contributed by atoms with E-state index in [4.69, 9.17) is 4.98 Å². The van der Waals surface area contributed by atoms with Gasteiger partial charge in [0, 0.05) is 18.7 Å². The largest absolute Gasteiger partial charge is 0.408 e. The zero-order chi connectivity index (χ0) is 27.0. The molecule has 3 aromatic heterocycles. The van der Waals surface area contributed by atoms with Crippen molar-refractivity contribution in [3.63, 3.8) is 0 Å². The molecule has 3 aromatic rings. The maximum atomic E-state index is 13.2. The van der Waals surface area contributed by atoms with Crippen LogP contribution in [-0.2, 0) is 17.8 Å². The SMILES string of the molecule is CCn1nccc1C(=O)N[C@H](c1cn2ncc(CC3C[C@@H](C(F)(F)F)NC3=O)cc2n1)[C@H]1CC[C@H](C)CC1. The minimum Gasteiger partial charge on any atom is -0.344 e. The summed E-state index contributed by atoms with van der Waals surface area (Å²) in [7, 11) is 0. The molecular weight excluding hydrogens is 499 g/mol. The van der Waals surface area contributed by atoms with Crippen LogP contribution >= 0.6 is 0 Å². The predicted molar refractivity (Wildman–Crippen MR) is 132 cm³/mol. The van der Waals surface area contributed by atoms with Crippen molar-refractivity contribution in [3.05, 3.63) is 47.7 Å². The Morgan fingerprint density at radius 3 is 2.68 bits per heavy atom. The van der Waals surface area contributed by atoms with Crippen molar-refractivity contribution in [1.82, 2.24) is 35.0 Å². The zero-order valence-electron chi connectivity index (χ0n) is 21.4. The fourth-order valence-electron chi connectivity index (χ4n) is 5.66. The van der Waals surface area contributed by atoms with Gasteiger partial charge < -0.3 is 10.6 Å². The number of halogens is 3. The third kappa shape index (κ3) is 5.39. The summed E-state index contributed by atoms with van der Waals surface area (Å²) < 4.78 is 42.4. The Hall–Kier alpha value is -3.44. The fourth-order valence-corrected chi connectivity index (χ4v) is 5.66. The molecule has 204 valence electrons. The lowest BCUT2D eigenvalue weighted by Gasteiger charge is -2.32. The topological polar surface area (TPSA) is 106 Å². The molecule has 2 amide bonds. The smallest absolute Gasteiger partial charge is 0.344 e. The molecule has 1 saturated heterocycles. The van der Waals surface area contributed by atoms with E-state index < -0.39 is 24.0 Å². The molecule has 0 radical (unpaired) electrons. The number of aromatic nitrogens is 5. The molecular formula is C26H32F3N7O2. The molecule has 2 fully saturated rings. The summed E-state index contributed by atoms with van der Waals surface area (Å²) in [6.07, 6.45) is 4.41.